The number of hydrogen-bond donors (Lipinski definition) is 3. The Morgan fingerprint density at radius 2 is 0.543 bits per heavy atom. The van der Waals surface area contributed by atoms with E-state index in [0.717, 1.165) is 102 Å². The maximum atomic E-state index is 13.1. The quantitative estimate of drug-likeness (QED) is 0.0222. The van der Waals surface area contributed by atoms with Crippen LogP contribution in [0.4, 0.5) is 0 Å². The van der Waals surface area contributed by atoms with E-state index >= 15 is 0 Å². The Hall–Kier alpha value is -1.94. The maximum absolute atomic E-state index is 13.1. The van der Waals surface area contributed by atoms with Crippen LogP contribution < -0.4 is 0 Å². The van der Waals surface area contributed by atoms with E-state index in [4.69, 9.17) is 37.0 Å². The van der Waals surface area contributed by atoms with Crippen molar-refractivity contribution in [3.8, 4) is 0 Å². The molecule has 0 aliphatic rings. The van der Waals surface area contributed by atoms with Gasteiger partial charge in [-0.05, 0) is 37.5 Å². The van der Waals surface area contributed by atoms with E-state index in [1.165, 1.54) is 199 Å². The molecule has 0 spiro atoms. The normalized spacial score (nSPS) is 14.3. The number of aliphatic hydroxyl groups is 1. The summed E-state index contributed by atoms with van der Waals surface area (Å²) in [5, 5.41) is 10.6. The molecule has 6 atom stereocenters. The number of phosphoric ester groups is 2. The van der Waals surface area contributed by atoms with Crippen molar-refractivity contribution in [3.63, 3.8) is 0 Å². The van der Waals surface area contributed by atoms with Crippen LogP contribution in [0, 0.1) is 11.8 Å². The number of carbonyl (C=O) groups is 4. The van der Waals surface area contributed by atoms with Gasteiger partial charge in [0.2, 0.25) is 0 Å². The first-order chi connectivity index (χ1) is 45.4. The highest BCUT2D eigenvalue weighted by molar-refractivity contribution is 7.47. The SMILES string of the molecule is CCCCCCCCCCCCCCCCCCCCCCCCC(=O)O[C@H](COC(=O)CCCCCCCCCCC(C)CC)COP(=O)(O)OC[C@@H](O)COP(=O)(O)OC[C@@H](COC(=O)CCCCCCCCC(C)C)OC(=O)CCCCCCCCCCCCC. The van der Waals surface area contributed by atoms with E-state index in [1.807, 2.05) is 0 Å². The van der Waals surface area contributed by atoms with E-state index in [0.29, 0.717) is 31.6 Å². The number of aliphatic hydroxyl groups excluding tert-OH is 1. The Bertz CT molecular complexity index is 1820. The average Bonchev–Trinajstić information content (AvgIpc) is 2.25. The van der Waals surface area contributed by atoms with E-state index in [1.54, 1.807) is 0 Å². The summed E-state index contributed by atoms with van der Waals surface area (Å²) in [6, 6.07) is 0. The Labute approximate surface area is 575 Å². The predicted octanol–water partition coefficient (Wildman–Crippen LogP) is 21.9. The lowest BCUT2D eigenvalue weighted by molar-refractivity contribution is -0.161. The molecule has 94 heavy (non-hydrogen) atoms. The number of rotatable bonds is 74. The molecule has 0 amide bonds. The van der Waals surface area contributed by atoms with Crippen LogP contribution in [0.25, 0.3) is 0 Å². The molecule has 0 heterocycles. The Balaban J connectivity index is 5.16. The lowest BCUT2D eigenvalue weighted by Gasteiger charge is -2.21. The molecular formula is C75H146O17P2. The van der Waals surface area contributed by atoms with E-state index < -0.39 is 97.5 Å². The highest BCUT2D eigenvalue weighted by Crippen LogP contribution is 2.45. The van der Waals surface area contributed by atoms with Gasteiger partial charge in [0.15, 0.2) is 12.2 Å². The number of phosphoric acid groups is 2. The highest BCUT2D eigenvalue weighted by Gasteiger charge is 2.30. The molecule has 0 fully saturated rings. The van der Waals surface area contributed by atoms with Gasteiger partial charge in [-0.1, -0.05) is 337 Å². The molecule has 0 aromatic heterocycles. The van der Waals surface area contributed by atoms with Gasteiger partial charge in [-0.2, -0.15) is 0 Å². The third kappa shape index (κ3) is 67.3. The first-order valence-corrected chi connectivity index (χ1v) is 42.0. The number of carbonyl (C=O) groups excluding carboxylic acids is 4. The number of hydrogen-bond acceptors (Lipinski definition) is 15. The van der Waals surface area contributed by atoms with Gasteiger partial charge >= 0.3 is 39.5 Å². The Morgan fingerprint density at radius 3 is 0.809 bits per heavy atom. The summed E-state index contributed by atoms with van der Waals surface area (Å²) in [7, 11) is -9.91. The summed E-state index contributed by atoms with van der Waals surface area (Å²) in [6.07, 6.45) is 54.4. The van der Waals surface area contributed by atoms with Gasteiger partial charge in [-0.15, -0.1) is 0 Å². The molecule has 0 bridgehead atoms. The fourth-order valence-corrected chi connectivity index (χ4v) is 13.0. The molecule has 0 radical (unpaired) electrons. The zero-order chi connectivity index (χ0) is 69.3. The summed E-state index contributed by atoms with van der Waals surface area (Å²) in [6.45, 7) is 9.49. The minimum atomic E-state index is -4.96. The van der Waals surface area contributed by atoms with Crippen molar-refractivity contribution >= 4 is 39.5 Å². The summed E-state index contributed by atoms with van der Waals surface area (Å²) in [5.74, 6) is -0.664. The fourth-order valence-electron chi connectivity index (χ4n) is 11.4. The number of ether oxygens (including phenoxy) is 4. The minimum absolute atomic E-state index is 0.106. The molecule has 0 aliphatic carbocycles. The summed E-state index contributed by atoms with van der Waals surface area (Å²) in [4.78, 5) is 72.6. The van der Waals surface area contributed by atoms with Crippen LogP contribution in [0.2, 0.25) is 0 Å². The average molecular weight is 1380 g/mol. The molecule has 17 nitrogen and oxygen atoms in total. The molecule has 3 N–H and O–H groups in total. The van der Waals surface area contributed by atoms with Crippen LogP contribution in [-0.4, -0.2) is 96.7 Å². The number of esters is 4. The first-order valence-electron chi connectivity index (χ1n) is 39.0. The van der Waals surface area contributed by atoms with Crippen LogP contribution in [-0.2, 0) is 65.4 Å². The lowest BCUT2D eigenvalue weighted by atomic mass is 9.99. The molecular weight excluding hydrogens is 1230 g/mol. The lowest BCUT2D eigenvalue weighted by Crippen LogP contribution is -2.30. The molecule has 0 aliphatic heterocycles. The summed E-state index contributed by atoms with van der Waals surface area (Å²) in [5.41, 5.74) is 0. The second-order valence-corrected chi connectivity index (χ2v) is 30.7. The zero-order valence-corrected chi connectivity index (χ0v) is 63.1. The monoisotopic (exact) mass is 1380 g/mol. The van der Waals surface area contributed by atoms with Gasteiger partial charge in [-0.3, -0.25) is 37.3 Å². The Kier molecular flexibility index (Phi) is 65.5. The van der Waals surface area contributed by atoms with Crippen molar-refractivity contribution in [2.45, 2.75) is 407 Å². The van der Waals surface area contributed by atoms with Crippen LogP contribution in [0.3, 0.4) is 0 Å². The van der Waals surface area contributed by atoms with Gasteiger partial charge in [-0.25, -0.2) is 9.13 Å². The summed E-state index contributed by atoms with van der Waals surface area (Å²) >= 11 is 0. The molecule has 0 saturated heterocycles. The smallest absolute Gasteiger partial charge is 0.462 e. The molecule has 558 valence electrons. The Morgan fingerprint density at radius 1 is 0.309 bits per heavy atom. The molecule has 0 aromatic rings. The van der Waals surface area contributed by atoms with Crippen LogP contribution in [0.15, 0.2) is 0 Å². The molecule has 0 aromatic carbocycles. The van der Waals surface area contributed by atoms with E-state index in [-0.39, 0.29) is 25.7 Å². The fraction of sp³-hybridized carbons (Fsp3) is 0.947. The van der Waals surface area contributed by atoms with Crippen molar-refractivity contribution in [2.75, 3.05) is 39.6 Å². The van der Waals surface area contributed by atoms with Crippen LogP contribution >= 0.6 is 15.6 Å². The van der Waals surface area contributed by atoms with Gasteiger partial charge in [0.05, 0.1) is 26.4 Å². The molecule has 0 saturated carbocycles. The van der Waals surface area contributed by atoms with Crippen molar-refractivity contribution in [2.24, 2.45) is 11.8 Å². The molecule has 19 heteroatoms. The van der Waals surface area contributed by atoms with Crippen molar-refractivity contribution in [1.82, 2.24) is 0 Å². The minimum Gasteiger partial charge on any atom is -0.462 e. The predicted molar refractivity (Wildman–Crippen MR) is 381 cm³/mol. The van der Waals surface area contributed by atoms with E-state index in [9.17, 15) is 43.2 Å². The van der Waals surface area contributed by atoms with Crippen molar-refractivity contribution in [1.29, 1.82) is 0 Å². The first kappa shape index (κ1) is 92.1. The topological polar surface area (TPSA) is 237 Å². The molecule has 3 unspecified atom stereocenters. The standard InChI is InChI=1S/C75H146O17P2/c1-7-10-12-14-16-18-20-21-22-23-24-25-26-27-28-29-30-32-34-40-48-54-60-75(80)91-70(63-85-72(77)57-51-45-38-36-35-37-44-50-56-68(6)9-3)65-89-93(81,82)87-61-69(76)62-88-94(83,84)90-66-71(64-86-73(78)58-52-46-42-41-43-49-55-67(4)5)92-74(79)59-53-47-39-33-31-19-17-15-13-11-8-2/h67-71,76H,7-66H2,1-6H3,(H,81,82)(H,83,84)/t68?,69-,70-,71-/m1/s1. The third-order valence-electron chi connectivity index (χ3n) is 17.8. The van der Waals surface area contributed by atoms with Gasteiger partial charge in [0.1, 0.15) is 19.3 Å². The highest BCUT2D eigenvalue weighted by atomic mass is 31.2. The van der Waals surface area contributed by atoms with Gasteiger partial charge in [0, 0.05) is 25.7 Å². The van der Waals surface area contributed by atoms with Crippen LogP contribution in [0.1, 0.15) is 388 Å². The van der Waals surface area contributed by atoms with Crippen molar-refractivity contribution in [3.05, 3.63) is 0 Å². The zero-order valence-electron chi connectivity index (χ0n) is 61.3. The second-order valence-electron chi connectivity index (χ2n) is 27.8. The third-order valence-corrected chi connectivity index (χ3v) is 19.7. The number of unbranched alkanes of at least 4 members (excludes halogenated alkanes) is 43. The van der Waals surface area contributed by atoms with Gasteiger partial charge < -0.3 is 33.8 Å². The second kappa shape index (κ2) is 66.9. The van der Waals surface area contributed by atoms with Gasteiger partial charge in [0.25, 0.3) is 0 Å². The van der Waals surface area contributed by atoms with Crippen molar-refractivity contribution < 1.29 is 80.2 Å². The molecule has 0 rings (SSSR count). The van der Waals surface area contributed by atoms with Crippen LogP contribution in [0.5, 0.6) is 0 Å². The van der Waals surface area contributed by atoms with E-state index in [2.05, 4.69) is 41.5 Å². The maximum Gasteiger partial charge on any atom is 0.472 e. The summed E-state index contributed by atoms with van der Waals surface area (Å²) < 4.78 is 68.4. The largest absolute Gasteiger partial charge is 0.472 e.